The van der Waals surface area contributed by atoms with Gasteiger partial charge in [-0.2, -0.15) is 0 Å². The van der Waals surface area contributed by atoms with Crippen molar-refractivity contribution in [2.75, 3.05) is 13.7 Å². The van der Waals surface area contributed by atoms with Crippen molar-refractivity contribution >= 4 is 0 Å². The molecular formula is C14H24N2O2. The lowest BCUT2D eigenvalue weighted by molar-refractivity contribution is 0.00226. The van der Waals surface area contributed by atoms with E-state index in [0.29, 0.717) is 12.5 Å². The summed E-state index contributed by atoms with van der Waals surface area (Å²) in [6, 6.07) is 7.79. The van der Waals surface area contributed by atoms with Crippen LogP contribution in [0.3, 0.4) is 0 Å². The Balaban J connectivity index is 3.06. The Morgan fingerprint density at radius 3 is 2.44 bits per heavy atom. The van der Waals surface area contributed by atoms with Gasteiger partial charge in [-0.15, -0.1) is 0 Å². The second-order valence-electron chi connectivity index (χ2n) is 4.55. The molecule has 1 aromatic carbocycles. The summed E-state index contributed by atoms with van der Waals surface area (Å²) in [6.07, 6.45) is 0.0105. The molecule has 3 N–H and O–H groups in total. The first-order chi connectivity index (χ1) is 8.65. The van der Waals surface area contributed by atoms with Crippen molar-refractivity contribution in [3.63, 3.8) is 0 Å². The lowest BCUT2D eigenvalue weighted by atomic mass is 9.93. The van der Waals surface area contributed by atoms with Gasteiger partial charge in [0.15, 0.2) is 0 Å². The smallest absolute Gasteiger partial charge is 0.123 e. The predicted octanol–water partition coefficient (Wildman–Crippen LogP) is 2.26. The van der Waals surface area contributed by atoms with Crippen molar-refractivity contribution in [2.24, 2.45) is 11.8 Å². The molecule has 0 aliphatic heterocycles. The van der Waals surface area contributed by atoms with E-state index in [-0.39, 0.29) is 12.1 Å². The Morgan fingerprint density at radius 1 is 1.28 bits per heavy atom. The van der Waals surface area contributed by atoms with E-state index < -0.39 is 0 Å². The van der Waals surface area contributed by atoms with Crippen LogP contribution in [0.2, 0.25) is 0 Å². The van der Waals surface area contributed by atoms with Gasteiger partial charge in [-0.3, -0.25) is 11.3 Å². The van der Waals surface area contributed by atoms with Crippen LogP contribution in [0.1, 0.15) is 32.4 Å². The highest BCUT2D eigenvalue weighted by molar-refractivity contribution is 5.36. The van der Waals surface area contributed by atoms with E-state index in [4.69, 9.17) is 15.3 Å². The first kappa shape index (κ1) is 15.0. The van der Waals surface area contributed by atoms with Crippen LogP contribution in [0.5, 0.6) is 5.75 Å². The number of hydrogen-bond acceptors (Lipinski definition) is 4. The number of hydrazine groups is 1. The first-order valence-electron chi connectivity index (χ1n) is 6.36. The zero-order valence-electron chi connectivity index (χ0n) is 11.6. The van der Waals surface area contributed by atoms with Gasteiger partial charge in [0.2, 0.25) is 0 Å². The van der Waals surface area contributed by atoms with Crippen molar-refractivity contribution in [3.8, 4) is 5.75 Å². The van der Waals surface area contributed by atoms with E-state index >= 15 is 0 Å². The number of rotatable bonds is 7. The molecule has 0 aliphatic carbocycles. The Kier molecular flexibility index (Phi) is 6.12. The van der Waals surface area contributed by atoms with Crippen molar-refractivity contribution in [1.29, 1.82) is 0 Å². The summed E-state index contributed by atoms with van der Waals surface area (Å²) in [5, 5.41) is 0. The van der Waals surface area contributed by atoms with Gasteiger partial charge in [-0.1, -0.05) is 32.0 Å². The topological polar surface area (TPSA) is 56.5 Å². The molecule has 0 bridgehead atoms. The number of hydrogen-bond donors (Lipinski definition) is 2. The number of methoxy groups -OCH3 is 1. The fraction of sp³-hybridized carbons (Fsp3) is 0.571. The maximum Gasteiger partial charge on any atom is 0.123 e. The van der Waals surface area contributed by atoms with Crippen LogP contribution in [-0.2, 0) is 4.74 Å². The fourth-order valence-corrected chi connectivity index (χ4v) is 2.15. The van der Waals surface area contributed by atoms with Gasteiger partial charge in [0.25, 0.3) is 0 Å². The quantitative estimate of drug-likeness (QED) is 0.577. The van der Waals surface area contributed by atoms with Gasteiger partial charge in [-0.25, -0.2) is 0 Å². The lowest BCUT2D eigenvalue weighted by Gasteiger charge is -2.30. The van der Waals surface area contributed by atoms with Crippen LogP contribution >= 0.6 is 0 Å². The maximum absolute atomic E-state index is 5.81. The molecule has 4 nitrogen and oxygen atoms in total. The minimum atomic E-state index is -0.0823. The van der Waals surface area contributed by atoms with E-state index in [1.807, 2.05) is 31.2 Å². The second kappa shape index (κ2) is 7.36. The molecule has 1 rings (SSSR count). The highest BCUT2D eigenvalue weighted by Crippen LogP contribution is 2.30. The summed E-state index contributed by atoms with van der Waals surface area (Å²) in [4.78, 5) is 0. The molecule has 0 heterocycles. The van der Waals surface area contributed by atoms with Crippen LogP contribution in [0.25, 0.3) is 0 Å². The standard InChI is InChI=1S/C14H24N2O2/c1-5-18-14(10(2)3)13(16-15)11-8-6-7-9-12(11)17-4/h6-10,13-14,16H,5,15H2,1-4H3. The second-order valence-corrected chi connectivity index (χ2v) is 4.55. The van der Waals surface area contributed by atoms with Crippen molar-refractivity contribution in [2.45, 2.75) is 32.9 Å². The lowest BCUT2D eigenvalue weighted by Crippen LogP contribution is -2.41. The molecule has 0 aliphatic rings. The van der Waals surface area contributed by atoms with Crippen LogP contribution in [0, 0.1) is 5.92 Å². The highest BCUT2D eigenvalue weighted by Gasteiger charge is 2.27. The van der Waals surface area contributed by atoms with Crippen LogP contribution < -0.4 is 16.0 Å². The Morgan fingerprint density at radius 2 is 1.94 bits per heavy atom. The normalized spacial score (nSPS) is 14.6. The van der Waals surface area contributed by atoms with Gasteiger partial charge < -0.3 is 9.47 Å². The molecule has 18 heavy (non-hydrogen) atoms. The molecular weight excluding hydrogens is 228 g/mol. The Hall–Kier alpha value is -1.10. The molecule has 0 spiro atoms. The van der Waals surface area contributed by atoms with Crippen LogP contribution in [-0.4, -0.2) is 19.8 Å². The molecule has 4 heteroatoms. The Labute approximate surface area is 109 Å². The molecule has 102 valence electrons. The summed E-state index contributed by atoms with van der Waals surface area (Å²) >= 11 is 0. The Bertz CT molecular complexity index is 355. The van der Waals surface area contributed by atoms with E-state index in [0.717, 1.165) is 11.3 Å². The highest BCUT2D eigenvalue weighted by atomic mass is 16.5. The van der Waals surface area contributed by atoms with Crippen molar-refractivity contribution in [3.05, 3.63) is 29.8 Å². The van der Waals surface area contributed by atoms with Gasteiger partial charge in [-0.05, 0) is 18.9 Å². The molecule has 2 atom stereocenters. The molecule has 0 saturated heterocycles. The molecule has 2 unspecified atom stereocenters. The van der Waals surface area contributed by atoms with E-state index in [1.54, 1.807) is 7.11 Å². The summed E-state index contributed by atoms with van der Waals surface area (Å²) < 4.78 is 11.2. The minimum absolute atomic E-state index is 0.0105. The average molecular weight is 252 g/mol. The average Bonchev–Trinajstić information content (AvgIpc) is 2.39. The zero-order chi connectivity index (χ0) is 13.5. The van der Waals surface area contributed by atoms with Crippen molar-refractivity contribution < 1.29 is 9.47 Å². The summed E-state index contributed by atoms with van der Waals surface area (Å²) in [6.45, 7) is 6.90. The summed E-state index contributed by atoms with van der Waals surface area (Å²) in [5.74, 6) is 6.89. The minimum Gasteiger partial charge on any atom is -0.496 e. The number of nitrogens with one attached hydrogen (secondary N) is 1. The predicted molar refractivity (Wildman–Crippen MR) is 73.3 cm³/mol. The number of nitrogens with two attached hydrogens (primary N) is 1. The summed E-state index contributed by atoms with van der Waals surface area (Å²) in [5.41, 5.74) is 3.88. The fourth-order valence-electron chi connectivity index (χ4n) is 2.15. The van der Waals surface area contributed by atoms with Gasteiger partial charge in [0.1, 0.15) is 5.75 Å². The molecule has 0 amide bonds. The molecule has 0 saturated carbocycles. The van der Waals surface area contributed by atoms with Crippen molar-refractivity contribution in [1.82, 2.24) is 5.43 Å². The number of para-hydroxylation sites is 1. The van der Waals surface area contributed by atoms with Gasteiger partial charge in [0.05, 0.1) is 19.3 Å². The molecule has 1 aromatic rings. The number of benzene rings is 1. The van der Waals surface area contributed by atoms with E-state index in [9.17, 15) is 0 Å². The largest absolute Gasteiger partial charge is 0.496 e. The number of ether oxygens (including phenoxy) is 2. The van der Waals surface area contributed by atoms with Crippen LogP contribution in [0.15, 0.2) is 24.3 Å². The molecule has 0 aromatic heterocycles. The third-order valence-corrected chi connectivity index (χ3v) is 3.00. The van der Waals surface area contributed by atoms with E-state index in [2.05, 4.69) is 19.3 Å². The zero-order valence-corrected chi connectivity index (χ0v) is 11.6. The van der Waals surface area contributed by atoms with Crippen LogP contribution in [0.4, 0.5) is 0 Å². The third-order valence-electron chi connectivity index (χ3n) is 3.00. The molecule has 0 radical (unpaired) electrons. The SMILES string of the molecule is CCOC(C(C)C)C(NN)c1ccccc1OC. The maximum atomic E-state index is 5.81. The monoisotopic (exact) mass is 252 g/mol. The van der Waals surface area contributed by atoms with E-state index in [1.165, 1.54) is 0 Å². The van der Waals surface area contributed by atoms with Gasteiger partial charge in [0, 0.05) is 12.2 Å². The first-order valence-corrected chi connectivity index (χ1v) is 6.36. The third kappa shape index (κ3) is 3.45. The summed E-state index contributed by atoms with van der Waals surface area (Å²) in [7, 11) is 1.66. The molecule has 0 fully saturated rings. The van der Waals surface area contributed by atoms with Gasteiger partial charge >= 0.3 is 0 Å².